The minimum atomic E-state index is -0.0398. The fourth-order valence-corrected chi connectivity index (χ4v) is 2.36. The van der Waals surface area contributed by atoms with E-state index in [1.54, 1.807) is 4.90 Å². The zero-order chi connectivity index (χ0) is 13.5. The Balaban J connectivity index is 1.73. The molecule has 1 heterocycles. The summed E-state index contributed by atoms with van der Waals surface area (Å²) in [7, 11) is 1.85. The number of piperidine rings is 1. The number of hydrogen-bond acceptors (Lipinski definition) is 2. The molecule has 1 aromatic carbocycles. The fraction of sp³-hybridized carbons (Fsp3) is 0.533. The van der Waals surface area contributed by atoms with Crippen LogP contribution in [-0.2, 0) is 0 Å². The lowest BCUT2D eigenvalue weighted by atomic mass is 10.0. The molecule has 104 valence electrons. The second kappa shape index (κ2) is 7.14. The van der Waals surface area contributed by atoms with Crippen LogP contribution in [0.4, 0.5) is 10.5 Å². The molecule has 1 aromatic rings. The van der Waals surface area contributed by atoms with E-state index in [1.807, 2.05) is 37.4 Å². The Labute approximate surface area is 115 Å². The van der Waals surface area contributed by atoms with Gasteiger partial charge in [-0.15, -0.1) is 0 Å². The standard InChI is InChI=1S/C15H23N3O/c1-18(12-10-13-7-5-6-11-16-13)15(19)17-14-8-3-2-4-9-14/h2-4,8-9,13,16H,5-7,10-12H2,1H3,(H,17,19). The van der Waals surface area contributed by atoms with Crippen LogP contribution >= 0.6 is 0 Å². The van der Waals surface area contributed by atoms with Crippen molar-refractivity contribution in [2.24, 2.45) is 0 Å². The highest BCUT2D eigenvalue weighted by molar-refractivity contribution is 5.89. The van der Waals surface area contributed by atoms with Gasteiger partial charge in [0.15, 0.2) is 0 Å². The summed E-state index contributed by atoms with van der Waals surface area (Å²) in [6, 6.07) is 10.1. The van der Waals surface area contributed by atoms with Gasteiger partial charge in [0, 0.05) is 25.3 Å². The number of para-hydroxylation sites is 1. The molecule has 19 heavy (non-hydrogen) atoms. The van der Waals surface area contributed by atoms with Crippen molar-refractivity contribution in [3.05, 3.63) is 30.3 Å². The Morgan fingerprint density at radius 3 is 2.84 bits per heavy atom. The van der Waals surface area contributed by atoms with Crippen LogP contribution in [-0.4, -0.2) is 37.1 Å². The molecule has 0 aromatic heterocycles. The van der Waals surface area contributed by atoms with Crippen LogP contribution in [0.3, 0.4) is 0 Å². The molecule has 1 saturated heterocycles. The van der Waals surface area contributed by atoms with Crippen LogP contribution in [0.1, 0.15) is 25.7 Å². The van der Waals surface area contributed by atoms with Gasteiger partial charge in [-0.1, -0.05) is 24.6 Å². The van der Waals surface area contributed by atoms with Crippen molar-refractivity contribution >= 4 is 11.7 Å². The van der Waals surface area contributed by atoms with Crippen LogP contribution in [0.2, 0.25) is 0 Å². The molecule has 2 N–H and O–H groups in total. The van der Waals surface area contributed by atoms with Crippen LogP contribution < -0.4 is 10.6 Å². The molecule has 2 amide bonds. The Morgan fingerprint density at radius 2 is 2.16 bits per heavy atom. The number of benzene rings is 1. The number of carbonyl (C=O) groups excluding carboxylic acids is 1. The van der Waals surface area contributed by atoms with Gasteiger partial charge < -0.3 is 15.5 Å². The summed E-state index contributed by atoms with van der Waals surface area (Å²) in [5, 5.41) is 6.40. The molecule has 0 radical (unpaired) electrons. The predicted molar refractivity (Wildman–Crippen MR) is 78.3 cm³/mol. The van der Waals surface area contributed by atoms with E-state index in [-0.39, 0.29) is 6.03 Å². The van der Waals surface area contributed by atoms with Gasteiger partial charge >= 0.3 is 6.03 Å². The van der Waals surface area contributed by atoms with E-state index < -0.39 is 0 Å². The average molecular weight is 261 g/mol. The smallest absolute Gasteiger partial charge is 0.321 e. The number of amides is 2. The molecule has 2 rings (SSSR count). The molecule has 1 aliphatic rings. The molecular weight excluding hydrogens is 238 g/mol. The van der Waals surface area contributed by atoms with Crippen molar-refractivity contribution in [3.8, 4) is 0 Å². The minimum Gasteiger partial charge on any atom is -0.328 e. The largest absolute Gasteiger partial charge is 0.328 e. The maximum absolute atomic E-state index is 12.0. The number of hydrogen-bond donors (Lipinski definition) is 2. The van der Waals surface area contributed by atoms with Crippen molar-refractivity contribution in [2.75, 3.05) is 25.5 Å². The van der Waals surface area contributed by atoms with Crippen LogP contribution in [0, 0.1) is 0 Å². The first-order chi connectivity index (χ1) is 9.25. The van der Waals surface area contributed by atoms with E-state index >= 15 is 0 Å². The molecule has 0 bridgehead atoms. The zero-order valence-electron chi connectivity index (χ0n) is 11.6. The minimum absolute atomic E-state index is 0.0398. The SMILES string of the molecule is CN(CCC1CCCCN1)C(=O)Nc1ccccc1. The molecule has 0 spiro atoms. The predicted octanol–water partition coefficient (Wildman–Crippen LogP) is 2.68. The van der Waals surface area contributed by atoms with Gasteiger partial charge in [0.05, 0.1) is 0 Å². The Morgan fingerprint density at radius 1 is 1.37 bits per heavy atom. The summed E-state index contributed by atoms with van der Waals surface area (Å²) in [6.07, 6.45) is 4.84. The van der Waals surface area contributed by atoms with Crippen molar-refractivity contribution < 1.29 is 4.79 Å². The summed E-state index contributed by atoms with van der Waals surface area (Å²) in [6.45, 7) is 1.90. The first-order valence-electron chi connectivity index (χ1n) is 7.06. The third-order valence-corrected chi connectivity index (χ3v) is 3.60. The highest BCUT2D eigenvalue weighted by Gasteiger charge is 2.15. The molecule has 1 unspecified atom stereocenters. The van der Waals surface area contributed by atoms with E-state index in [2.05, 4.69) is 10.6 Å². The Bertz CT molecular complexity index is 388. The van der Waals surface area contributed by atoms with E-state index in [1.165, 1.54) is 19.3 Å². The molecule has 1 atom stereocenters. The van der Waals surface area contributed by atoms with Crippen molar-refractivity contribution in [1.82, 2.24) is 10.2 Å². The highest BCUT2D eigenvalue weighted by atomic mass is 16.2. The van der Waals surface area contributed by atoms with Crippen LogP contribution in [0.15, 0.2) is 30.3 Å². The maximum Gasteiger partial charge on any atom is 0.321 e. The summed E-state index contributed by atoms with van der Waals surface area (Å²) < 4.78 is 0. The average Bonchev–Trinajstić information content (AvgIpc) is 2.47. The second-order valence-corrected chi connectivity index (χ2v) is 5.15. The Hall–Kier alpha value is -1.55. The van der Waals surface area contributed by atoms with E-state index in [0.717, 1.165) is 25.2 Å². The number of nitrogens with zero attached hydrogens (tertiary/aromatic N) is 1. The van der Waals surface area contributed by atoms with E-state index in [0.29, 0.717) is 6.04 Å². The molecule has 1 aliphatic heterocycles. The normalized spacial score (nSPS) is 18.9. The first-order valence-corrected chi connectivity index (χ1v) is 7.06. The first kappa shape index (κ1) is 13.9. The summed E-state index contributed by atoms with van der Waals surface area (Å²) in [5.41, 5.74) is 0.843. The van der Waals surface area contributed by atoms with E-state index in [4.69, 9.17) is 0 Å². The van der Waals surface area contributed by atoms with Gasteiger partial charge in [0.25, 0.3) is 0 Å². The third-order valence-electron chi connectivity index (χ3n) is 3.60. The van der Waals surface area contributed by atoms with E-state index in [9.17, 15) is 4.79 Å². The summed E-state index contributed by atoms with van der Waals surface area (Å²) in [5.74, 6) is 0. The van der Waals surface area contributed by atoms with Crippen molar-refractivity contribution in [3.63, 3.8) is 0 Å². The number of urea groups is 1. The highest BCUT2D eigenvalue weighted by Crippen LogP contribution is 2.11. The van der Waals surface area contributed by atoms with Gasteiger partial charge in [0.2, 0.25) is 0 Å². The summed E-state index contributed by atoms with van der Waals surface area (Å²) in [4.78, 5) is 13.7. The third kappa shape index (κ3) is 4.56. The molecular formula is C15H23N3O. The lowest BCUT2D eigenvalue weighted by Crippen LogP contribution is -2.39. The van der Waals surface area contributed by atoms with Gasteiger partial charge in [-0.25, -0.2) is 4.79 Å². The number of rotatable bonds is 4. The van der Waals surface area contributed by atoms with Gasteiger partial charge in [-0.3, -0.25) is 0 Å². The van der Waals surface area contributed by atoms with Gasteiger partial charge in [-0.2, -0.15) is 0 Å². The quantitative estimate of drug-likeness (QED) is 0.875. The fourth-order valence-electron chi connectivity index (χ4n) is 2.36. The topological polar surface area (TPSA) is 44.4 Å². The van der Waals surface area contributed by atoms with Crippen LogP contribution in [0.5, 0.6) is 0 Å². The number of nitrogens with one attached hydrogen (secondary N) is 2. The van der Waals surface area contributed by atoms with Crippen LogP contribution in [0.25, 0.3) is 0 Å². The molecule has 4 heteroatoms. The molecule has 4 nitrogen and oxygen atoms in total. The van der Waals surface area contributed by atoms with Crippen molar-refractivity contribution in [2.45, 2.75) is 31.7 Å². The molecule has 0 aliphatic carbocycles. The lowest BCUT2D eigenvalue weighted by molar-refractivity contribution is 0.218. The number of carbonyl (C=O) groups is 1. The van der Waals surface area contributed by atoms with Crippen molar-refractivity contribution in [1.29, 1.82) is 0 Å². The lowest BCUT2D eigenvalue weighted by Gasteiger charge is -2.26. The van der Waals surface area contributed by atoms with Gasteiger partial charge in [0.1, 0.15) is 0 Å². The number of anilines is 1. The molecule has 0 saturated carbocycles. The Kier molecular flexibility index (Phi) is 5.21. The monoisotopic (exact) mass is 261 g/mol. The summed E-state index contributed by atoms with van der Waals surface area (Å²) >= 11 is 0. The zero-order valence-corrected chi connectivity index (χ0v) is 11.6. The second-order valence-electron chi connectivity index (χ2n) is 5.15. The maximum atomic E-state index is 12.0. The van der Waals surface area contributed by atoms with Gasteiger partial charge in [-0.05, 0) is 37.9 Å². The molecule has 1 fully saturated rings.